The summed E-state index contributed by atoms with van der Waals surface area (Å²) in [6.45, 7) is 3.54. The van der Waals surface area contributed by atoms with Crippen LogP contribution in [0.2, 0.25) is 0 Å². The molecule has 0 amide bonds. The molecule has 1 aromatic carbocycles. The highest BCUT2D eigenvalue weighted by molar-refractivity contribution is 5.86. The molecule has 5 heteroatoms. The van der Waals surface area contributed by atoms with Crippen LogP contribution in [0.15, 0.2) is 36.5 Å². The molecule has 0 bridgehead atoms. The summed E-state index contributed by atoms with van der Waals surface area (Å²) < 4.78 is 10.8. The van der Waals surface area contributed by atoms with Gasteiger partial charge in [-0.25, -0.2) is 9.78 Å². The zero-order valence-electron chi connectivity index (χ0n) is 13.0. The molecule has 0 spiro atoms. The van der Waals surface area contributed by atoms with Gasteiger partial charge in [-0.1, -0.05) is 12.1 Å². The fourth-order valence-corrected chi connectivity index (χ4v) is 2.59. The number of nitrogens with zero attached hydrogens (tertiary/aromatic N) is 2. The lowest BCUT2D eigenvalue weighted by molar-refractivity contribution is -0.147. The maximum atomic E-state index is 12.2. The first-order valence-electron chi connectivity index (χ1n) is 7.42. The third kappa shape index (κ3) is 2.53. The minimum Gasteiger partial charge on any atom is -0.465 e. The highest BCUT2D eigenvalue weighted by Crippen LogP contribution is 2.37. The van der Waals surface area contributed by atoms with Crippen molar-refractivity contribution in [2.24, 2.45) is 0 Å². The SMILES string of the molecule is CCOC(=O)C(C)(C#N)c1ccc2c(c1)Cc1cccnc1O2. The number of carbonyl (C=O) groups excluding carboxylic acids is 1. The van der Waals surface area contributed by atoms with Crippen molar-refractivity contribution in [2.75, 3.05) is 6.61 Å². The summed E-state index contributed by atoms with van der Waals surface area (Å²) in [6.07, 6.45) is 2.34. The highest BCUT2D eigenvalue weighted by Gasteiger charge is 2.38. The number of nitriles is 1. The van der Waals surface area contributed by atoms with E-state index in [4.69, 9.17) is 9.47 Å². The van der Waals surface area contributed by atoms with E-state index in [-0.39, 0.29) is 6.61 Å². The molecule has 0 saturated heterocycles. The zero-order chi connectivity index (χ0) is 16.4. The lowest BCUT2D eigenvalue weighted by atomic mass is 9.82. The van der Waals surface area contributed by atoms with E-state index in [0.717, 1.165) is 11.1 Å². The zero-order valence-corrected chi connectivity index (χ0v) is 13.0. The number of ether oxygens (including phenoxy) is 2. The number of rotatable bonds is 3. The second kappa shape index (κ2) is 5.73. The smallest absolute Gasteiger partial charge is 0.330 e. The molecule has 1 aliphatic rings. The summed E-state index contributed by atoms with van der Waals surface area (Å²) in [5.74, 6) is 0.756. The first kappa shape index (κ1) is 15.0. The van der Waals surface area contributed by atoms with Crippen LogP contribution in [0.25, 0.3) is 0 Å². The van der Waals surface area contributed by atoms with Gasteiger partial charge in [0.1, 0.15) is 5.75 Å². The summed E-state index contributed by atoms with van der Waals surface area (Å²) in [6, 6.07) is 11.2. The molecule has 1 aliphatic heterocycles. The molecule has 1 aromatic heterocycles. The number of pyridine rings is 1. The predicted molar refractivity (Wildman–Crippen MR) is 83.2 cm³/mol. The first-order chi connectivity index (χ1) is 11.1. The van der Waals surface area contributed by atoms with Crippen molar-refractivity contribution >= 4 is 5.97 Å². The minimum atomic E-state index is -1.33. The standard InChI is InChI=1S/C18H16N2O3/c1-3-22-17(21)18(2,11-19)14-6-7-15-13(10-14)9-12-5-4-8-20-16(12)23-15/h4-8,10H,3,9H2,1-2H3. The topological polar surface area (TPSA) is 72.2 Å². The van der Waals surface area contributed by atoms with Crippen LogP contribution in [0.3, 0.4) is 0 Å². The number of aromatic nitrogens is 1. The summed E-state index contributed by atoms with van der Waals surface area (Å²) in [5.41, 5.74) is 1.18. The second-order valence-corrected chi connectivity index (χ2v) is 5.53. The highest BCUT2D eigenvalue weighted by atomic mass is 16.5. The van der Waals surface area contributed by atoms with Crippen LogP contribution in [0.4, 0.5) is 0 Å². The van der Waals surface area contributed by atoms with Gasteiger partial charge in [-0.2, -0.15) is 5.26 Å². The van der Waals surface area contributed by atoms with Crippen LogP contribution in [0.1, 0.15) is 30.5 Å². The lowest BCUT2D eigenvalue weighted by Gasteiger charge is -2.24. The van der Waals surface area contributed by atoms with E-state index < -0.39 is 11.4 Å². The summed E-state index contributed by atoms with van der Waals surface area (Å²) >= 11 is 0. The fraction of sp³-hybridized carbons (Fsp3) is 0.278. The van der Waals surface area contributed by atoms with Gasteiger partial charge in [0, 0.05) is 18.2 Å². The van der Waals surface area contributed by atoms with E-state index in [1.165, 1.54) is 0 Å². The van der Waals surface area contributed by atoms with E-state index in [0.29, 0.717) is 23.6 Å². The Labute approximate surface area is 134 Å². The molecule has 2 aromatic rings. The van der Waals surface area contributed by atoms with E-state index in [2.05, 4.69) is 11.1 Å². The molecular formula is C18H16N2O3. The molecule has 116 valence electrons. The fourth-order valence-electron chi connectivity index (χ4n) is 2.59. The van der Waals surface area contributed by atoms with E-state index in [9.17, 15) is 10.1 Å². The van der Waals surface area contributed by atoms with Crippen molar-refractivity contribution in [3.8, 4) is 17.7 Å². The van der Waals surface area contributed by atoms with Crippen LogP contribution < -0.4 is 4.74 Å². The molecule has 0 radical (unpaired) electrons. The average Bonchev–Trinajstić information content (AvgIpc) is 2.58. The van der Waals surface area contributed by atoms with E-state index >= 15 is 0 Å². The number of hydrogen-bond acceptors (Lipinski definition) is 5. The van der Waals surface area contributed by atoms with Crippen molar-refractivity contribution < 1.29 is 14.3 Å². The van der Waals surface area contributed by atoms with Gasteiger partial charge in [-0.3, -0.25) is 0 Å². The van der Waals surface area contributed by atoms with Gasteiger partial charge < -0.3 is 9.47 Å². The Bertz CT molecular complexity index is 810. The summed E-state index contributed by atoms with van der Waals surface area (Å²) in [4.78, 5) is 16.4. The molecule has 2 heterocycles. The summed E-state index contributed by atoms with van der Waals surface area (Å²) in [7, 11) is 0. The van der Waals surface area contributed by atoms with Crippen LogP contribution in [-0.4, -0.2) is 17.6 Å². The minimum absolute atomic E-state index is 0.239. The molecule has 5 nitrogen and oxygen atoms in total. The van der Waals surface area contributed by atoms with Gasteiger partial charge in [0.2, 0.25) is 5.88 Å². The number of hydrogen-bond donors (Lipinski definition) is 0. The Kier molecular flexibility index (Phi) is 3.75. The van der Waals surface area contributed by atoms with E-state index in [1.807, 2.05) is 18.2 Å². The lowest BCUT2D eigenvalue weighted by Crippen LogP contribution is -2.33. The Morgan fingerprint density at radius 3 is 3.00 bits per heavy atom. The third-order valence-electron chi connectivity index (χ3n) is 3.98. The number of benzene rings is 1. The average molecular weight is 308 g/mol. The van der Waals surface area contributed by atoms with Gasteiger partial charge in [0.15, 0.2) is 5.41 Å². The monoisotopic (exact) mass is 308 g/mol. The normalized spacial score (nSPS) is 14.5. The van der Waals surface area contributed by atoms with Gasteiger partial charge in [-0.05, 0) is 43.2 Å². The van der Waals surface area contributed by atoms with Crippen LogP contribution >= 0.6 is 0 Å². The van der Waals surface area contributed by atoms with Gasteiger partial charge in [0.25, 0.3) is 0 Å². The van der Waals surface area contributed by atoms with Crippen molar-refractivity contribution in [1.82, 2.24) is 4.98 Å². The molecule has 3 rings (SSSR count). The molecule has 1 atom stereocenters. The molecule has 0 fully saturated rings. The second-order valence-electron chi connectivity index (χ2n) is 5.53. The Morgan fingerprint density at radius 1 is 1.43 bits per heavy atom. The van der Waals surface area contributed by atoms with Crippen LogP contribution in [-0.2, 0) is 21.4 Å². The van der Waals surface area contributed by atoms with Crippen molar-refractivity contribution in [2.45, 2.75) is 25.7 Å². The maximum absolute atomic E-state index is 12.2. The Morgan fingerprint density at radius 2 is 2.26 bits per heavy atom. The van der Waals surface area contributed by atoms with Gasteiger partial charge in [0.05, 0.1) is 12.7 Å². The number of esters is 1. The van der Waals surface area contributed by atoms with Crippen molar-refractivity contribution in [3.63, 3.8) is 0 Å². The largest absolute Gasteiger partial charge is 0.465 e. The Hall–Kier alpha value is -2.87. The summed E-state index contributed by atoms with van der Waals surface area (Å²) in [5, 5.41) is 9.51. The molecule has 0 N–H and O–H groups in total. The first-order valence-corrected chi connectivity index (χ1v) is 7.42. The molecule has 23 heavy (non-hydrogen) atoms. The molecule has 0 aliphatic carbocycles. The third-order valence-corrected chi connectivity index (χ3v) is 3.98. The van der Waals surface area contributed by atoms with Crippen molar-refractivity contribution in [3.05, 3.63) is 53.2 Å². The number of fused-ring (bicyclic) bond motifs is 2. The van der Waals surface area contributed by atoms with Gasteiger partial charge >= 0.3 is 5.97 Å². The van der Waals surface area contributed by atoms with Crippen LogP contribution in [0, 0.1) is 11.3 Å². The van der Waals surface area contributed by atoms with Crippen molar-refractivity contribution in [1.29, 1.82) is 5.26 Å². The van der Waals surface area contributed by atoms with E-state index in [1.54, 1.807) is 32.2 Å². The quantitative estimate of drug-likeness (QED) is 0.695. The Balaban J connectivity index is 1.99. The maximum Gasteiger partial charge on any atom is 0.330 e. The molecule has 0 saturated carbocycles. The number of carbonyl (C=O) groups is 1. The molecule has 1 unspecified atom stereocenters. The predicted octanol–water partition coefficient (Wildman–Crippen LogP) is 3.12. The van der Waals surface area contributed by atoms with Gasteiger partial charge in [-0.15, -0.1) is 0 Å². The van der Waals surface area contributed by atoms with Crippen LogP contribution in [0.5, 0.6) is 11.6 Å². The molecular weight excluding hydrogens is 292 g/mol.